The van der Waals surface area contributed by atoms with Crippen LogP contribution in [0.4, 0.5) is 5.69 Å². The maximum atomic E-state index is 12.5. The molecule has 3 aromatic rings. The van der Waals surface area contributed by atoms with E-state index in [0.717, 1.165) is 11.4 Å². The van der Waals surface area contributed by atoms with Gasteiger partial charge in [-0.1, -0.05) is 6.07 Å². The summed E-state index contributed by atoms with van der Waals surface area (Å²) in [6, 6.07) is 12.5. The first kappa shape index (κ1) is 18.9. The molecule has 0 aliphatic carbocycles. The van der Waals surface area contributed by atoms with E-state index in [1.807, 2.05) is 31.4 Å². The summed E-state index contributed by atoms with van der Waals surface area (Å²) in [5.74, 6) is -0.107. The molecule has 0 saturated carbocycles. The summed E-state index contributed by atoms with van der Waals surface area (Å²) < 4.78 is 7.61. The molecule has 0 saturated heterocycles. The Bertz CT molecular complexity index is 954. The Balaban J connectivity index is 1.69. The van der Waals surface area contributed by atoms with Crippen LogP contribution in [-0.2, 0) is 0 Å². The van der Waals surface area contributed by atoms with E-state index in [1.165, 1.54) is 11.3 Å². The number of hydrogen-bond donors (Lipinski definition) is 1. The van der Waals surface area contributed by atoms with Crippen molar-refractivity contribution >= 4 is 28.9 Å². The average Bonchev–Trinajstić information content (AvgIpc) is 3.24. The predicted molar refractivity (Wildman–Crippen MR) is 108 cm³/mol. The molecule has 3 rings (SSSR count). The Morgan fingerprint density at radius 2 is 1.81 bits per heavy atom. The van der Waals surface area contributed by atoms with E-state index in [-0.39, 0.29) is 17.9 Å². The normalized spacial score (nSPS) is 10.9. The van der Waals surface area contributed by atoms with Gasteiger partial charge in [0.05, 0.1) is 10.4 Å². The first-order valence-electron chi connectivity index (χ1n) is 8.72. The van der Waals surface area contributed by atoms with E-state index in [4.69, 9.17) is 4.74 Å². The highest BCUT2D eigenvalue weighted by atomic mass is 32.1. The van der Waals surface area contributed by atoms with Crippen LogP contribution in [0.1, 0.15) is 51.3 Å². The zero-order chi connectivity index (χ0) is 19.6. The van der Waals surface area contributed by atoms with Gasteiger partial charge in [0.2, 0.25) is 0 Å². The third-order valence-corrected chi connectivity index (χ3v) is 5.16. The molecule has 0 aliphatic rings. The summed E-state index contributed by atoms with van der Waals surface area (Å²) in [5.41, 5.74) is 3.14. The van der Waals surface area contributed by atoms with Crippen molar-refractivity contribution in [2.24, 2.45) is 0 Å². The van der Waals surface area contributed by atoms with Crippen molar-refractivity contribution < 1.29 is 14.3 Å². The van der Waals surface area contributed by atoms with Crippen LogP contribution in [0.3, 0.4) is 0 Å². The molecule has 0 aliphatic heterocycles. The fraction of sp³-hybridized carbons (Fsp3) is 0.238. The van der Waals surface area contributed by atoms with Crippen LogP contribution in [0.5, 0.6) is 5.75 Å². The molecule has 1 N–H and O–H groups in total. The Morgan fingerprint density at radius 1 is 1.11 bits per heavy atom. The van der Waals surface area contributed by atoms with E-state index >= 15 is 0 Å². The molecule has 2 aromatic heterocycles. The number of thiophene rings is 1. The Hall–Kier alpha value is -2.86. The van der Waals surface area contributed by atoms with E-state index in [9.17, 15) is 9.59 Å². The third-order valence-electron chi connectivity index (χ3n) is 4.29. The fourth-order valence-corrected chi connectivity index (χ4v) is 3.77. The zero-order valence-corrected chi connectivity index (χ0v) is 16.6. The summed E-state index contributed by atoms with van der Waals surface area (Å²) in [5, 5.41) is 4.67. The number of aromatic nitrogens is 1. The van der Waals surface area contributed by atoms with Crippen molar-refractivity contribution in [3.8, 4) is 5.75 Å². The van der Waals surface area contributed by atoms with Gasteiger partial charge in [-0.15, -0.1) is 11.3 Å². The number of benzene rings is 1. The second kappa shape index (κ2) is 7.80. The number of aryl methyl sites for hydroxylation is 1. The number of ether oxygens (including phenoxy) is 1. The second-order valence-corrected chi connectivity index (χ2v) is 7.54. The van der Waals surface area contributed by atoms with Crippen LogP contribution < -0.4 is 10.1 Å². The minimum absolute atomic E-state index is 0.157. The lowest BCUT2D eigenvalue weighted by atomic mass is 10.2. The van der Waals surface area contributed by atoms with E-state index < -0.39 is 0 Å². The second-order valence-electron chi connectivity index (χ2n) is 6.59. The minimum Gasteiger partial charge on any atom is -0.423 e. The standard InChI is InChI=1S/C21H22N2O3S/c1-13(2)23-14(3)12-18(15(23)4)21(25)26-17-9-7-16(8-10-17)22-20(24)19-6-5-11-27-19/h5-13H,1-4H3,(H,22,24). The summed E-state index contributed by atoms with van der Waals surface area (Å²) in [6.07, 6.45) is 0. The number of amides is 1. The molecule has 0 unspecified atom stereocenters. The third kappa shape index (κ3) is 4.11. The smallest absolute Gasteiger partial charge is 0.345 e. The number of hydrogen-bond acceptors (Lipinski definition) is 4. The number of rotatable bonds is 5. The number of carbonyl (C=O) groups excluding carboxylic acids is 2. The summed E-state index contributed by atoms with van der Waals surface area (Å²) in [7, 11) is 0. The molecule has 2 heterocycles. The van der Waals surface area contributed by atoms with Gasteiger partial charge in [-0.3, -0.25) is 4.79 Å². The molecular formula is C21H22N2O3S. The molecule has 1 amide bonds. The summed E-state index contributed by atoms with van der Waals surface area (Å²) >= 11 is 1.38. The van der Waals surface area contributed by atoms with Gasteiger partial charge in [-0.25, -0.2) is 4.79 Å². The molecule has 0 spiro atoms. The van der Waals surface area contributed by atoms with Crippen LogP contribution in [0, 0.1) is 13.8 Å². The van der Waals surface area contributed by atoms with Gasteiger partial charge >= 0.3 is 5.97 Å². The summed E-state index contributed by atoms with van der Waals surface area (Å²) in [6.45, 7) is 8.07. The summed E-state index contributed by atoms with van der Waals surface area (Å²) in [4.78, 5) is 25.2. The van der Waals surface area contributed by atoms with Crippen molar-refractivity contribution in [2.75, 3.05) is 5.32 Å². The molecule has 0 fully saturated rings. The quantitative estimate of drug-likeness (QED) is 0.486. The number of nitrogens with zero attached hydrogens (tertiary/aromatic N) is 1. The van der Waals surface area contributed by atoms with E-state index in [1.54, 1.807) is 30.3 Å². The maximum absolute atomic E-state index is 12.5. The van der Waals surface area contributed by atoms with Crippen molar-refractivity contribution in [1.29, 1.82) is 0 Å². The van der Waals surface area contributed by atoms with Gasteiger partial charge in [-0.2, -0.15) is 0 Å². The highest BCUT2D eigenvalue weighted by molar-refractivity contribution is 7.12. The van der Waals surface area contributed by atoms with E-state index in [2.05, 4.69) is 23.7 Å². The molecule has 6 heteroatoms. The largest absolute Gasteiger partial charge is 0.423 e. The topological polar surface area (TPSA) is 60.3 Å². The highest BCUT2D eigenvalue weighted by Crippen LogP contribution is 2.23. The van der Waals surface area contributed by atoms with Gasteiger partial charge in [0, 0.05) is 23.1 Å². The van der Waals surface area contributed by atoms with E-state index in [0.29, 0.717) is 21.9 Å². The van der Waals surface area contributed by atoms with Crippen LogP contribution in [0.2, 0.25) is 0 Å². The lowest BCUT2D eigenvalue weighted by molar-refractivity contribution is 0.0733. The van der Waals surface area contributed by atoms with Gasteiger partial charge in [0.25, 0.3) is 5.91 Å². The maximum Gasteiger partial charge on any atom is 0.345 e. The fourth-order valence-electron chi connectivity index (χ4n) is 3.15. The number of anilines is 1. The van der Waals surface area contributed by atoms with Crippen molar-refractivity contribution in [3.05, 3.63) is 69.7 Å². The van der Waals surface area contributed by atoms with Crippen molar-refractivity contribution in [1.82, 2.24) is 4.57 Å². The monoisotopic (exact) mass is 382 g/mol. The zero-order valence-electron chi connectivity index (χ0n) is 15.8. The number of nitrogens with one attached hydrogen (secondary N) is 1. The molecule has 140 valence electrons. The first-order valence-corrected chi connectivity index (χ1v) is 9.60. The van der Waals surface area contributed by atoms with Gasteiger partial charge in [-0.05, 0) is 69.5 Å². The average molecular weight is 382 g/mol. The van der Waals surface area contributed by atoms with Crippen LogP contribution in [0.25, 0.3) is 0 Å². The van der Waals surface area contributed by atoms with Gasteiger partial charge in [0.15, 0.2) is 0 Å². The van der Waals surface area contributed by atoms with Crippen LogP contribution in [-0.4, -0.2) is 16.4 Å². The highest BCUT2D eigenvalue weighted by Gasteiger charge is 2.19. The number of esters is 1. The molecule has 1 aromatic carbocycles. The van der Waals surface area contributed by atoms with Crippen molar-refractivity contribution in [2.45, 2.75) is 33.7 Å². The molecule has 5 nitrogen and oxygen atoms in total. The molecule has 0 radical (unpaired) electrons. The lowest BCUT2D eigenvalue weighted by Gasteiger charge is -2.13. The van der Waals surface area contributed by atoms with Crippen LogP contribution in [0.15, 0.2) is 47.8 Å². The van der Waals surface area contributed by atoms with Crippen molar-refractivity contribution in [3.63, 3.8) is 0 Å². The molecular weight excluding hydrogens is 360 g/mol. The molecule has 27 heavy (non-hydrogen) atoms. The molecule has 0 bridgehead atoms. The lowest BCUT2D eigenvalue weighted by Crippen LogP contribution is -2.12. The first-order chi connectivity index (χ1) is 12.9. The van der Waals surface area contributed by atoms with Gasteiger partial charge in [0.1, 0.15) is 5.75 Å². The number of carbonyl (C=O) groups is 2. The Kier molecular flexibility index (Phi) is 5.46. The van der Waals surface area contributed by atoms with Gasteiger partial charge < -0.3 is 14.6 Å². The SMILES string of the molecule is Cc1cc(C(=O)Oc2ccc(NC(=O)c3cccs3)cc2)c(C)n1C(C)C. The predicted octanol–water partition coefficient (Wildman–Crippen LogP) is 5.22. The van der Waals surface area contributed by atoms with Crippen LogP contribution >= 0.6 is 11.3 Å². The molecule has 0 atom stereocenters. The Morgan fingerprint density at radius 3 is 2.37 bits per heavy atom. The Labute approximate surface area is 162 Å². The minimum atomic E-state index is -0.384.